The van der Waals surface area contributed by atoms with Crippen LogP contribution < -0.4 is 0 Å². The Morgan fingerprint density at radius 3 is 2.15 bits per heavy atom. The summed E-state index contributed by atoms with van der Waals surface area (Å²) in [5, 5.41) is 72.4. The van der Waals surface area contributed by atoms with E-state index >= 15 is 0 Å². The van der Waals surface area contributed by atoms with Gasteiger partial charge in [-0.15, -0.1) is 0 Å². The van der Waals surface area contributed by atoms with Crippen molar-refractivity contribution in [2.75, 3.05) is 46.8 Å². The van der Waals surface area contributed by atoms with E-state index in [-0.39, 0.29) is 13.2 Å². The first kappa shape index (κ1) is 36.6. The van der Waals surface area contributed by atoms with Gasteiger partial charge in [0.15, 0.2) is 12.6 Å². The second kappa shape index (κ2) is 18.9. The second-order valence-corrected chi connectivity index (χ2v) is 10.6. The molecule has 41 heavy (non-hydrogen) atoms. The monoisotopic (exact) mass is 602 g/mol. The maximum atomic E-state index is 10.9. The lowest BCUT2D eigenvalue weighted by Crippen LogP contribution is -2.61. The quantitative estimate of drug-likeness (QED) is 0.0783. The Labute approximate surface area is 240 Å². The number of ether oxygens (including phenoxy) is 8. The van der Waals surface area contributed by atoms with Gasteiger partial charge in [-0.3, -0.25) is 0 Å². The highest BCUT2D eigenvalue weighted by Crippen LogP contribution is 2.27. The molecule has 0 aromatic heterocycles. The summed E-state index contributed by atoms with van der Waals surface area (Å²) in [6, 6.07) is 0. The summed E-state index contributed by atoms with van der Waals surface area (Å²) in [7, 11) is 1.26. The first-order valence-corrected chi connectivity index (χ1v) is 14.1. The van der Waals surface area contributed by atoms with Gasteiger partial charge in [0.1, 0.15) is 48.8 Å². The van der Waals surface area contributed by atoms with E-state index < -0.39 is 93.8 Å². The predicted octanol–water partition coefficient (Wildman–Crippen LogP) is -2.18. The van der Waals surface area contributed by atoms with Crippen LogP contribution in [0.2, 0.25) is 0 Å². The summed E-state index contributed by atoms with van der Waals surface area (Å²) in [5.41, 5.74) is 0. The van der Waals surface area contributed by atoms with Crippen LogP contribution in [0.4, 0.5) is 0 Å². The molecule has 12 atom stereocenters. The molecule has 15 heteroatoms. The Morgan fingerprint density at radius 2 is 1.54 bits per heavy atom. The molecule has 2 heterocycles. The molecule has 2 fully saturated rings. The molecule has 0 radical (unpaired) electrons. The van der Waals surface area contributed by atoms with Crippen LogP contribution >= 0.6 is 0 Å². The summed E-state index contributed by atoms with van der Waals surface area (Å²) >= 11 is 0. The predicted molar refractivity (Wildman–Crippen MR) is 139 cm³/mol. The minimum absolute atomic E-state index is 0.0595. The number of aliphatic hydroxyl groups is 7. The molecule has 2 saturated heterocycles. The fourth-order valence-electron chi connectivity index (χ4n) is 4.23. The number of aliphatic hydroxyl groups excluding tert-OH is 7. The van der Waals surface area contributed by atoms with Crippen LogP contribution in [0.15, 0.2) is 0 Å². The highest BCUT2D eigenvalue weighted by atomic mass is 16.8. The fourth-order valence-corrected chi connectivity index (χ4v) is 4.23. The summed E-state index contributed by atoms with van der Waals surface area (Å²) in [6.45, 7) is 4.91. The molecule has 0 amide bonds. The first-order chi connectivity index (χ1) is 19.6. The maximum absolute atomic E-state index is 10.9. The summed E-state index contributed by atoms with van der Waals surface area (Å²) in [5.74, 6) is 0.326. The number of methoxy groups -OCH3 is 1. The third kappa shape index (κ3) is 11.1. The van der Waals surface area contributed by atoms with Gasteiger partial charge in [-0.25, -0.2) is 0 Å². The summed E-state index contributed by atoms with van der Waals surface area (Å²) < 4.78 is 44.1. The third-order valence-corrected chi connectivity index (χ3v) is 6.87. The Morgan fingerprint density at radius 1 is 0.829 bits per heavy atom. The molecule has 0 aliphatic carbocycles. The lowest BCUT2D eigenvalue weighted by Gasteiger charge is -2.43. The zero-order valence-corrected chi connectivity index (χ0v) is 24.3. The molecule has 0 aromatic rings. The highest BCUT2D eigenvalue weighted by molar-refractivity contribution is 4.91. The van der Waals surface area contributed by atoms with Crippen molar-refractivity contribution in [3.63, 3.8) is 0 Å². The molecular formula is C26H50O15. The Hall–Kier alpha value is -0.600. The molecule has 0 spiro atoms. The minimum atomic E-state index is -1.77. The number of rotatable bonds is 19. The smallest absolute Gasteiger partial charge is 0.210 e. The average molecular weight is 603 g/mol. The van der Waals surface area contributed by atoms with Crippen molar-refractivity contribution in [2.24, 2.45) is 5.92 Å². The molecule has 2 aliphatic rings. The van der Waals surface area contributed by atoms with Crippen molar-refractivity contribution in [3.8, 4) is 0 Å². The standard InChI is InChI=1S/C26H50O15/c1-5-6-8-35-12-18-23(32)41-24(33)26(40-18)39-17(19(29)15(10-27)34-4)13-37-22-20(30)16(11-28)38-25(21(22)31)36-9-7-14(2)3/h14-33H,5-13H2,1-4H3. The van der Waals surface area contributed by atoms with Gasteiger partial charge < -0.3 is 73.6 Å². The summed E-state index contributed by atoms with van der Waals surface area (Å²) in [4.78, 5) is 0. The number of hydrogen-bond acceptors (Lipinski definition) is 15. The molecule has 244 valence electrons. The Kier molecular flexibility index (Phi) is 16.9. The zero-order valence-electron chi connectivity index (χ0n) is 24.3. The lowest BCUT2D eigenvalue weighted by atomic mass is 9.98. The van der Waals surface area contributed by atoms with E-state index in [4.69, 9.17) is 37.9 Å². The van der Waals surface area contributed by atoms with E-state index in [1.807, 2.05) is 20.8 Å². The normalized spacial score (nSPS) is 35.0. The Bertz CT molecular complexity index is 683. The van der Waals surface area contributed by atoms with Gasteiger partial charge >= 0.3 is 0 Å². The van der Waals surface area contributed by atoms with E-state index in [2.05, 4.69) is 0 Å². The van der Waals surface area contributed by atoms with Crippen molar-refractivity contribution >= 4 is 0 Å². The van der Waals surface area contributed by atoms with Crippen LogP contribution in [0.3, 0.4) is 0 Å². The van der Waals surface area contributed by atoms with Crippen molar-refractivity contribution in [2.45, 2.75) is 114 Å². The van der Waals surface area contributed by atoms with E-state index in [1.165, 1.54) is 7.11 Å². The van der Waals surface area contributed by atoms with Crippen LogP contribution in [0, 0.1) is 5.92 Å². The topological polar surface area (TPSA) is 215 Å². The largest absolute Gasteiger partial charge is 0.394 e. The van der Waals surface area contributed by atoms with Gasteiger partial charge in [-0.1, -0.05) is 27.2 Å². The van der Waals surface area contributed by atoms with Gasteiger partial charge in [-0.2, -0.15) is 0 Å². The van der Waals surface area contributed by atoms with E-state index in [1.54, 1.807) is 0 Å². The number of hydrogen-bond donors (Lipinski definition) is 7. The molecule has 0 aromatic carbocycles. The SMILES string of the molecule is CCCCOCC1OC(OC(COC2C(O)C(CO)OC(OCCC(C)C)C2O)C(O)C(CO)OC)C(O)OC1O. The molecule has 12 unspecified atom stereocenters. The van der Waals surface area contributed by atoms with Crippen molar-refractivity contribution in [1.29, 1.82) is 0 Å². The van der Waals surface area contributed by atoms with Gasteiger partial charge in [0.05, 0.1) is 33.0 Å². The van der Waals surface area contributed by atoms with Crippen LogP contribution in [0.1, 0.15) is 40.0 Å². The van der Waals surface area contributed by atoms with E-state index in [0.717, 1.165) is 12.8 Å². The lowest BCUT2D eigenvalue weighted by molar-refractivity contribution is -0.400. The first-order valence-electron chi connectivity index (χ1n) is 14.1. The highest BCUT2D eigenvalue weighted by Gasteiger charge is 2.47. The van der Waals surface area contributed by atoms with Gasteiger partial charge in [0.25, 0.3) is 0 Å². The zero-order chi connectivity index (χ0) is 30.5. The molecule has 2 aliphatic heterocycles. The van der Waals surface area contributed by atoms with Gasteiger partial charge in [0.2, 0.25) is 12.6 Å². The van der Waals surface area contributed by atoms with Crippen molar-refractivity contribution in [3.05, 3.63) is 0 Å². The van der Waals surface area contributed by atoms with Crippen molar-refractivity contribution in [1.82, 2.24) is 0 Å². The van der Waals surface area contributed by atoms with E-state index in [9.17, 15) is 35.7 Å². The van der Waals surface area contributed by atoms with Gasteiger partial charge in [-0.05, 0) is 18.8 Å². The second-order valence-electron chi connectivity index (χ2n) is 10.6. The molecule has 15 nitrogen and oxygen atoms in total. The molecule has 2 rings (SSSR count). The average Bonchev–Trinajstić information content (AvgIpc) is 2.93. The van der Waals surface area contributed by atoms with E-state index in [0.29, 0.717) is 18.9 Å². The molecule has 7 N–H and O–H groups in total. The Balaban J connectivity index is 2.14. The molecule has 0 bridgehead atoms. The molecule has 0 saturated carbocycles. The maximum Gasteiger partial charge on any atom is 0.210 e. The number of unbranched alkanes of at least 4 members (excludes halogenated alkanes) is 1. The van der Waals surface area contributed by atoms with Crippen molar-refractivity contribution < 1.29 is 73.6 Å². The molecular weight excluding hydrogens is 552 g/mol. The van der Waals surface area contributed by atoms with Crippen LogP contribution in [-0.4, -0.2) is 156 Å². The van der Waals surface area contributed by atoms with Crippen LogP contribution in [-0.2, 0) is 37.9 Å². The summed E-state index contributed by atoms with van der Waals surface area (Å²) in [6.07, 6.45) is -14.2. The van der Waals surface area contributed by atoms with Crippen LogP contribution in [0.25, 0.3) is 0 Å². The fraction of sp³-hybridized carbons (Fsp3) is 1.00. The minimum Gasteiger partial charge on any atom is -0.394 e. The third-order valence-electron chi connectivity index (χ3n) is 6.87. The van der Waals surface area contributed by atoms with Crippen LogP contribution in [0.5, 0.6) is 0 Å². The van der Waals surface area contributed by atoms with Gasteiger partial charge in [0, 0.05) is 13.7 Å².